The molecular formula is C13H17NO. The Morgan fingerprint density at radius 2 is 2.27 bits per heavy atom. The lowest BCUT2D eigenvalue weighted by Gasteiger charge is -2.05. The van der Waals surface area contributed by atoms with E-state index in [-0.39, 0.29) is 0 Å². The minimum absolute atomic E-state index is 0.950. The highest BCUT2D eigenvalue weighted by molar-refractivity contribution is 5.29. The van der Waals surface area contributed by atoms with Crippen LogP contribution in [0.25, 0.3) is 0 Å². The largest absolute Gasteiger partial charge is 0.497 e. The maximum absolute atomic E-state index is 5.20. The highest BCUT2D eigenvalue weighted by Crippen LogP contribution is 2.16. The van der Waals surface area contributed by atoms with Crippen molar-refractivity contribution in [2.45, 2.75) is 12.8 Å². The summed E-state index contributed by atoms with van der Waals surface area (Å²) in [4.78, 5) is 0. The van der Waals surface area contributed by atoms with Crippen molar-refractivity contribution in [2.75, 3.05) is 20.2 Å². The monoisotopic (exact) mass is 203 g/mol. The van der Waals surface area contributed by atoms with E-state index < -0.39 is 0 Å². The van der Waals surface area contributed by atoms with Crippen molar-refractivity contribution in [2.24, 2.45) is 0 Å². The summed E-state index contributed by atoms with van der Waals surface area (Å²) in [6.07, 6.45) is 4.55. The molecule has 0 aromatic heterocycles. The topological polar surface area (TPSA) is 21.3 Å². The van der Waals surface area contributed by atoms with E-state index in [1.165, 1.54) is 11.1 Å². The van der Waals surface area contributed by atoms with Crippen LogP contribution < -0.4 is 10.1 Å². The quantitative estimate of drug-likeness (QED) is 0.757. The van der Waals surface area contributed by atoms with Gasteiger partial charge in [-0.25, -0.2) is 0 Å². The summed E-state index contributed by atoms with van der Waals surface area (Å²) in [6.45, 7) is 2.09. The number of hydrogen-bond acceptors (Lipinski definition) is 2. The third kappa shape index (κ3) is 2.83. The summed E-state index contributed by atoms with van der Waals surface area (Å²) in [5.74, 6) is 0.950. The van der Waals surface area contributed by atoms with E-state index in [2.05, 4.69) is 29.6 Å². The molecular weight excluding hydrogens is 186 g/mol. The molecule has 0 atom stereocenters. The normalized spacial score (nSPS) is 15.1. The molecule has 15 heavy (non-hydrogen) atoms. The summed E-state index contributed by atoms with van der Waals surface area (Å²) in [5, 5.41) is 3.31. The van der Waals surface area contributed by atoms with Crippen LogP contribution in [0.15, 0.2) is 35.9 Å². The van der Waals surface area contributed by atoms with Gasteiger partial charge in [0.1, 0.15) is 5.75 Å². The van der Waals surface area contributed by atoms with Gasteiger partial charge in [0.2, 0.25) is 0 Å². The maximum atomic E-state index is 5.20. The number of aryl methyl sites for hydroxylation is 1. The molecule has 0 bridgehead atoms. The van der Waals surface area contributed by atoms with Gasteiger partial charge in [-0.3, -0.25) is 0 Å². The molecule has 80 valence electrons. The Morgan fingerprint density at radius 3 is 3.00 bits per heavy atom. The molecule has 1 aliphatic heterocycles. The lowest BCUT2D eigenvalue weighted by molar-refractivity contribution is 0.414. The average Bonchev–Trinajstić information content (AvgIpc) is 2.79. The van der Waals surface area contributed by atoms with Gasteiger partial charge in [0.05, 0.1) is 7.11 Å². The summed E-state index contributed by atoms with van der Waals surface area (Å²) in [5.41, 5.74) is 2.87. The lowest BCUT2D eigenvalue weighted by Crippen LogP contribution is -2.08. The van der Waals surface area contributed by atoms with Gasteiger partial charge >= 0.3 is 0 Å². The van der Waals surface area contributed by atoms with Crippen molar-refractivity contribution >= 4 is 0 Å². The number of rotatable bonds is 4. The maximum Gasteiger partial charge on any atom is 0.119 e. The van der Waals surface area contributed by atoms with E-state index in [9.17, 15) is 0 Å². The Labute approximate surface area is 91.0 Å². The molecule has 1 aliphatic rings. The molecule has 0 radical (unpaired) electrons. The molecule has 0 fully saturated rings. The molecule has 0 saturated heterocycles. The molecule has 1 aromatic rings. The van der Waals surface area contributed by atoms with Crippen molar-refractivity contribution in [3.63, 3.8) is 0 Å². The molecule has 0 spiro atoms. The Morgan fingerprint density at radius 1 is 1.33 bits per heavy atom. The second kappa shape index (κ2) is 4.99. The first-order chi connectivity index (χ1) is 7.38. The summed E-state index contributed by atoms with van der Waals surface area (Å²) in [6, 6.07) is 8.31. The van der Waals surface area contributed by atoms with E-state index in [1.807, 2.05) is 6.07 Å². The van der Waals surface area contributed by atoms with Crippen molar-refractivity contribution in [1.29, 1.82) is 0 Å². The van der Waals surface area contributed by atoms with Crippen molar-refractivity contribution in [3.8, 4) is 5.75 Å². The van der Waals surface area contributed by atoms with Gasteiger partial charge < -0.3 is 10.1 Å². The van der Waals surface area contributed by atoms with Crippen LogP contribution in [-0.2, 0) is 6.42 Å². The number of ether oxygens (including phenoxy) is 1. The second-order valence-corrected chi connectivity index (χ2v) is 3.84. The Hall–Kier alpha value is -1.28. The Kier molecular flexibility index (Phi) is 3.41. The first-order valence-electron chi connectivity index (χ1n) is 5.40. The minimum atomic E-state index is 0.950. The van der Waals surface area contributed by atoms with Crippen LogP contribution in [0.5, 0.6) is 5.75 Å². The molecule has 0 amide bonds. The van der Waals surface area contributed by atoms with Crippen LogP contribution >= 0.6 is 0 Å². The van der Waals surface area contributed by atoms with Crippen LogP contribution in [0.2, 0.25) is 0 Å². The first-order valence-corrected chi connectivity index (χ1v) is 5.40. The summed E-state index contributed by atoms with van der Waals surface area (Å²) < 4.78 is 5.20. The molecule has 0 aliphatic carbocycles. The average molecular weight is 203 g/mol. The van der Waals surface area contributed by atoms with Gasteiger partial charge in [-0.15, -0.1) is 0 Å². The molecule has 2 heteroatoms. The SMILES string of the molecule is COc1cccc(CCC2=CCNC2)c1. The van der Waals surface area contributed by atoms with E-state index in [4.69, 9.17) is 4.74 Å². The third-order valence-corrected chi connectivity index (χ3v) is 2.76. The molecule has 1 N–H and O–H groups in total. The molecule has 0 saturated carbocycles. The molecule has 2 nitrogen and oxygen atoms in total. The van der Waals surface area contributed by atoms with Crippen LogP contribution in [0, 0.1) is 0 Å². The van der Waals surface area contributed by atoms with Gasteiger partial charge in [-0.05, 0) is 30.5 Å². The van der Waals surface area contributed by atoms with Gasteiger partial charge in [-0.2, -0.15) is 0 Å². The number of benzene rings is 1. The number of hydrogen-bond donors (Lipinski definition) is 1. The van der Waals surface area contributed by atoms with E-state index in [0.717, 1.165) is 31.7 Å². The zero-order valence-corrected chi connectivity index (χ0v) is 9.12. The predicted molar refractivity (Wildman–Crippen MR) is 62.3 cm³/mol. The minimum Gasteiger partial charge on any atom is -0.497 e. The summed E-state index contributed by atoms with van der Waals surface area (Å²) >= 11 is 0. The van der Waals surface area contributed by atoms with Crippen LogP contribution in [0.4, 0.5) is 0 Å². The summed E-state index contributed by atoms with van der Waals surface area (Å²) in [7, 11) is 1.71. The fourth-order valence-electron chi connectivity index (χ4n) is 1.84. The number of nitrogens with one attached hydrogen (secondary N) is 1. The van der Waals surface area contributed by atoms with Crippen LogP contribution in [-0.4, -0.2) is 20.2 Å². The zero-order chi connectivity index (χ0) is 10.5. The van der Waals surface area contributed by atoms with Crippen LogP contribution in [0.3, 0.4) is 0 Å². The molecule has 0 unspecified atom stereocenters. The fourth-order valence-corrected chi connectivity index (χ4v) is 1.84. The zero-order valence-electron chi connectivity index (χ0n) is 9.12. The smallest absolute Gasteiger partial charge is 0.119 e. The highest BCUT2D eigenvalue weighted by atomic mass is 16.5. The van der Waals surface area contributed by atoms with E-state index in [1.54, 1.807) is 7.11 Å². The van der Waals surface area contributed by atoms with E-state index in [0.29, 0.717) is 0 Å². The standard InChI is InChI=1S/C13H17NO/c1-15-13-4-2-3-11(9-13)5-6-12-7-8-14-10-12/h2-4,7,9,14H,5-6,8,10H2,1H3. The third-order valence-electron chi connectivity index (χ3n) is 2.76. The predicted octanol–water partition coefficient (Wildman–Crippen LogP) is 2.16. The van der Waals surface area contributed by atoms with Crippen molar-refractivity contribution < 1.29 is 4.74 Å². The Bertz CT molecular complexity index is 357. The van der Waals surface area contributed by atoms with Gasteiger partial charge in [-0.1, -0.05) is 23.8 Å². The molecule has 1 heterocycles. The van der Waals surface area contributed by atoms with Gasteiger partial charge in [0.25, 0.3) is 0 Å². The fraction of sp³-hybridized carbons (Fsp3) is 0.385. The first kappa shape index (κ1) is 10.2. The van der Waals surface area contributed by atoms with Crippen molar-refractivity contribution in [3.05, 3.63) is 41.5 Å². The Balaban J connectivity index is 1.92. The van der Waals surface area contributed by atoms with Crippen molar-refractivity contribution in [1.82, 2.24) is 5.32 Å². The van der Waals surface area contributed by atoms with Gasteiger partial charge in [0.15, 0.2) is 0 Å². The van der Waals surface area contributed by atoms with Crippen LogP contribution in [0.1, 0.15) is 12.0 Å². The number of methoxy groups -OCH3 is 1. The lowest BCUT2D eigenvalue weighted by atomic mass is 10.1. The van der Waals surface area contributed by atoms with E-state index >= 15 is 0 Å². The second-order valence-electron chi connectivity index (χ2n) is 3.84. The van der Waals surface area contributed by atoms with Gasteiger partial charge in [0, 0.05) is 13.1 Å². The molecule has 1 aromatic carbocycles. The highest BCUT2D eigenvalue weighted by Gasteiger charge is 2.04. The molecule has 2 rings (SSSR count).